The molecule has 0 saturated heterocycles. The van der Waals surface area contributed by atoms with Gasteiger partial charge in [-0.2, -0.15) is 0 Å². The van der Waals surface area contributed by atoms with Gasteiger partial charge in [0.25, 0.3) is 0 Å². The lowest BCUT2D eigenvalue weighted by atomic mass is 9.98. The summed E-state index contributed by atoms with van der Waals surface area (Å²) in [6.45, 7) is 16.3. The molecule has 1 aromatic carbocycles. The van der Waals surface area contributed by atoms with Crippen molar-refractivity contribution in [2.24, 2.45) is 0 Å². The maximum Gasteiger partial charge on any atom is 0.330 e. The van der Waals surface area contributed by atoms with E-state index >= 15 is 0 Å². The zero-order valence-corrected chi connectivity index (χ0v) is 23.8. The van der Waals surface area contributed by atoms with Gasteiger partial charge in [-0.25, -0.2) is 14.4 Å². The lowest BCUT2D eigenvalue weighted by molar-refractivity contribution is -0.133. The molecule has 0 aliphatic rings. The average Bonchev–Trinajstić information content (AvgIpc) is 2.73. The first-order valence-electron chi connectivity index (χ1n) is 11.2. The molecule has 0 aliphatic carbocycles. The number of carbonyl (C=O) groups is 3. The molecule has 0 saturated carbocycles. The van der Waals surface area contributed by atoms with Crippen LogP contribution in [0.2, 0.25) is 0 Å². The van der Waals surface area contributed by atoms with Crippen LogP contribution < -0.4 is 0 Å². The fraction of sp³-hybridized carbons (Fsp3) is 0.444. The topological polar surface area (TPSA) is 142 Å². The first-order valence-corrected chi connectivity index (χ1v) is 11.2. The van der Waals surface area contributed by atoms with Crippen molar-refractivity contribution >= 4 is 17.9 Å². The number of aromatic hydroxyl groups is 1. The van der Waals surface area contributed by atoms with Crippen molar-refractivity contribution in [3.8, 4) is 5.75 Å². The van der Waals surface area contributed by atoms with Crippen LogP contribution >= 0.6 is 0 Å². The van der Waals surface area contributed by atoms with E-state index < -0.39 is 17.9 Å². The van der Waals surface area contributed by atoms with Crippen molar-refractivity contribution in [1.29, 1.82) is 0 Å². The fourth-order valence-corrected chi connectivity index (χ4v) is 2.22. The van der Waals surface area contributed by atoms with Crippen molar-refractivity contribution in [2.45, 2.75) is 40.4 Å². The number of aliphatic carboxylic acids is 3. The molecule has 10 heteroatoms. The lowest BCUT2D eigenvalue weighted by Crippen LogP contribution is -2.20. The Morgan fingerprint density at radius 1 is 0.622 bits per heavy atom. The minimum Gasteiger partial charge on any atom is -0.508 e. The molecule has 0 radical (unpaired) electrons. The summed E-state index contributed by atoms with van der Waals surface area (Å²) < 4.78 is 0. The van der Waals surface area contributed by atoms with E-state index in [-0.39, 0.29) is 16.7 Å². The highest BCUT2D eigenvalue weighted by Crippen LogP contribution is 2.27. The predicted octanol–water partition coefficient (Wildman–Crippen LogP) is 3.52. The van der Waals surface area contributed by atoms with Gasteiger partial charge < -0.3 is 35.1 Å². The van der Waals surface area contributed by atoms with Gasteiger partial charge in [0.05, 0.1) is 0 Å². The van der Waals surface area contributed by atoms with Crippen LogP contribution in [0.5, 0.6) is 5.75 Å². The lowest BCUT2D eigenvalue weighted by Gasteiger charge is -2.23. The maximum atomic E-state index is 10.2. The minimum atomic E-state index is -0.935. The van der Waals surface area contributed by atoms with Crippen LogP contribution in [0, 0.1) is 0 Å². The fourth-order valence-electron chi connectivity index (χ4n) is 2.22. The summed E-state index contributed by atoms with van der Waals surface area (Å²) >= 11 is 0. The molecule has 1 rings (SSSR count). The number of carboxylic acids is 3. The van der Waals surface area contributed by atoms with Crippen LogP contribution in [0.25, 0.3) is 0 Å². The summed E-state index contributed by atoms with van der Waals surface area (Å²) in [4.78, 5) is 35.2. The third-order valence-corrected chi connectivity index (χ3v) is 4.03. The molecule has 0 fully saturated rings. The van der Waals surface area contributed by atoms with Crippen LogP contribution in [0.4, 0.5) is 0 Å². The van der Waals surface area contributed by atoms with Gasteiger partial charge in [-0.1, -0.05) is 25.8 Å². The first-order chi connectivity index (χ1) is 16.7. The Kier molecular flexibility index (Phi) is 20.3. The van der Waals surface area contributed by atoms with E-state index in [1.807, 2.05) is 26.2 Å². The van der Waals surface area contributed by atoms with Crippen LogP contribution in [0.3, 0.4) is 0 Å². The van der Waals surface area contributed by atoms with Crippen LogP contribution in [-0.2, 0) is 34.0 Å². The number of rotatable bonds is 9. The number of nitrogens with zero attached hydrogens (tertiary/aromatic N) is 3. The van der Waals surface area contributed by atoms with Crippen LogP contribution in [-0.4, -0.2) is 95.3 Å². The Balaban J connectivity index is -0.000000523. The molecular formula is C27H45N3O7. The van der Waals surface area contributed by atoms with E-state index in [9.17, 15) is 19.5 Å². The molecule has 210 valence electrons. The third kappa shape index (κ3) is 21.5. The Labute approximate surface area is 221 Å². The Morgan fingerprint density at radius 2 is 0.892 bits per heavy atom. The second-order valence-corrected chi connectivity index (χ2v) is 9.17. The van der Waals surface area contributed by atoms with E-state index in [1.165, 1.54) is 31.9 Å². The third-order valence-electron chi connectivity index (χ3n) is 4.03. The quantitative estimate of drug-likeness (QED) is 0.355. The van der Waals surface area contributed by atoms with Gasteiger partial charge >= 0.3 is 17.9 Å². The Hall–Kier alpha value is -3.47. The minimum absolute atomic E-state index is 0.176. The smallest absolute Gasteiger partial charge is 0.330 e. The summed E-state index contributed by atoms with van der Waals surface area (Å²) in [7, 11) is 12.3. The molecule has 4 N–H and O–H groups in total. The summed E-state index contributed by atoms with van der Waals surface area (Å²) in [5.41, 5.74) is 4.10. The molecule has 0 spiro atoms. The molecule has 0 amide bonds. The van der Waals surface area contributed by atoms with E-state index in [0.29, 0.717) is 5.75 Å². The first kappa shape index (κ1) is 38.1. The largest absolute Gasteiger partial charge is 0.508 e. The van der Waals surface area contributed by atoms with Gasteiger partial charge in [-0.05, 0) is 80.3 Å². The summed E-state index contributed by atoms with van der Waals surface area (Å²) in [5.74, 6) is -2.41. The van der Waals surface area contributed by atoms with E-state index in [4.69, 9.17) is 15.3 Å². The molecule has 0 aromatic heterocycles. The number of hydrogen-bond acceptors (Lipinski definition) is 7. The highest BCUT2D eigenvalue weighted by atomic mass is 16.4. The van der Waals surface area contributed by atoms with Gasteiger partial charge in [0.15, 0.2) is 0 Å². The zero-order valence-electron chi connectivity index (χ0n) is 23.8. The molecule has 1 aromatic rings. The SMILES string of the molecule is C=C(C)C(=O)O.C=C(C)C(=O)O.C=C(C)C(=O)O.CN(C)Cc1ccc(O)c(CN(C)C)c1CN(C)C. The van der Waals surface area contributed by atoms with Crippen molar-refractivity contribution < 1.29 is 34.8 Å². The number of benzene rings is 1. The molecule has 37 heavy (non-hydrogen) atoms. The number of hydrogen-bond donors (Lipinski definition) is 4. The highest BCUT2D eigenvalue weighted by Gasteiger charge is 2.15. The molecule has 0 aliphatic heterocycles. The van der Waals surface area contributed by atoms with Crippen LogP contribution in [0.1, 0.15) is 37.5 Å². The Bertz CT molecular complexity index is 843. The predicted molar refractivity (Wildman–Crippen MR) is 148 cm³/mol. The number of phenols is 1. The normalized spacial score (nSPS) is 9.73. The summed E-state index contributed by atoms with van der Waals surface area (Å²) in [5, 5.41) is 33.8. The van der Waals surface area contributed by atoms with Crippen molar-refractivity contribution in [3.63, 3.8) is 0 Å². The Morgan fingerprint density at radius 3 is 1.14 bits per heavy atom. The maximum absolute atomic E-state index is 10.2. The van der Waals surface area contributed by atoms with E-state index in [1.54, 1.807) is 0 Å². The second kappa shape index (κ2) is 19.7. The zero-order chi connectivity index (χ0) is 30.0. The molecule has 0 heterocycles. The van der Waals surface area contributed by atoms with E-state index in [0.717, 1.165) is 25.2 Å². The summed E-state index contributed by atoms with van der Waals surface area (Å²) in [6, 6.07) is 3.85. The van der Waals surface area contributed by atoms with E-state index in [2.05, 4.69) is 62.6 Å². The average molecular weight is 524 g/mol. The van der Waals surface area contributed by atoms with Gasteiger partial charge in [-0.15, -0.1) is 0 Å². The van der Waals surface area contributed by atoms with Gasteiger partial charge in [-0.3, -0.25) is 0 Å². The standard InChI is InChI=1S/C15H27N3O.3C4H6O2/c1-16(2)9-12-7-8-15(19)14(11-18(5)6)13(12)10-17(3)4;3*1-3(2)4(5)6/h7-8,19H,9-11H2,1-6H3;3*1H2,2H3,(H,5,6). The second-order valence-electron chi connectivity index (χ2n) is 9.17. The monoisotopic (exact) mass is 523 g/mol. The molecular weight excluding hydrogens is 478 g/mol. The van der Waals surface area contributed by atoms with Crippen molar-refractivity contribution in [3.05, 3.63) is 65.3 Å². The van der Waals surface area contributed by atoms with Gasteiger partial charge in [0, 0.05) is 41.9 Å². The number of phenolic OH excluding ortho intramolecular Hbond substituents is 1. The molecule has 0 atom stereocenters. The number of carboxylic acid groups (broad SMARTS) is 3. The molecule has 0 bridgehead atoms. The van der Waals surface area contributed by atoms with Gasteiger partial charge in [0.1, 0.15) is 5.75 Å². The van der Waals surface area contributed by atoms with Crippen molar-refractivity contribution in [2.75, 3.05) is 42.3 Å². The van der Waals surface area contributed by atoms with Gasteiger partial charge in [0.2, 0.25) is 0 Å². The molecule has 0 unspecified atom stereocenters. The van der Waals surface area contributed by atoms with Crippen LogP contribution in [0.15, 0.2) is 48.6 Å². The highest BCUT2D eigenvalue weighted by molar-refractivity contribution is 5.85. The molecule has 10 nitrogen and oxygen atoms in total. The summed E-state index contributed by atoms with van der Waals surface area (Å²) in [6.07, 6.45) is 0. The van der Waals surface area contributed by atoms with Crippen molar-refractivity contribution in [1.82, 2.24) is 14.7 Å².